The first kappa shape index (κ1) is 24.9. The van der Waals surface area contributed by atoms with Crippen LogP contribution >= 0.6 is 12.8 Å². The number of nitrogens with zero attached hydrogens (tertiary/aromatic N) is 1. The van der Waals surface area contributed by atoms with Crippen molar-refractivity contribution in [1.29, 1.82) is 0 Å². The van der Waals surface area contributed by atoms with E-state index >= 15 is 0 Å². The van der Waals surface area contributed by atoms with Crippen molar-refractivity contribution >= 4 is 12.8 Å². The maximum Gasteiger partial charge on any atom is 0.0701 e. The molecule has 28 heavy (non-hydrogen) atoms. The Labute approximate surface area is 176 Å². The molecule has 0 fully saturated rings. The summed E-state index contributed by atoms with van der Waals surface area (Å²) in [6.45, 7) is 11.5. The SMILES string of the molecule is C=C(CCOCCOCCOCCNC)N(CCNS)CCc1ccccc1. The molecule has 2 N–H and O–H groups in total. The molecule has 0 aliphatic carbocycles. The molecule has 0 saturated carbocycles. The molecule has 0 aliphatic rings. The lowest BCUT2D eigenvalue weighted by Crippen LogP contribution is -2.31. The molecule has 1 aromatic rings. The minimum Gasteiger partial charge on any atom is -0.379 e. The van der Waals surface area contributed by atoms with Gasteiger partial charge in [-0.05, 0) is 19.0 Å². The highest BCUT2D eigenvalue weighted by molar-refractivity contribution is 7.78. The number of rotatable bonds is 19. The lowest BCUT2D eigenvalue weighted by Gasteiger charge is -2.27. The van der Waals surface area contributed by atoms with E-state index in [1.807, 2.05) is 13.1 Å². The summed E-state index contributed by atoms with van der Waals surface area (Å²) in [4.78, 5) is 2.30. The summed E-state index contributed by atoms with van der Waals surface area (Å²) < 4.78 is 19.5. The fraction of sp³-hybridized carbons (Fsp3) is 0.619. The van der Waals surface area contributed by atoms with E-state index in [9.17, 15) is 0 Å². The Morgan fingerprint density at radius 1 is 0.929 bits per heavy atom. The molecule has 0 aliphatic heterocycles. The van der Waals surface area contributed by atoms with Crippen molar-refractivity contribution < 1.29 is 14.2 Å². The van der Waals surface area contributed by atoms with Crippen LogP contribution in [0.25, 0.3) is 0 Å². The summed E-state index contributed by atoms with van der Waals surface area (Å²) in [5.41, 5.74) is 2.43. The van der Waals surface area contributed by atoms with Gasteiger partial charge in [0.05, 0.1) is 39.6 Å². The maximum atomic E-state index is 5.67. The van der Waals surface area contributed by atoms with Crippen molar-refractivity contribution in [1.82, 2.24) is 14.9 Å². The highest BCUT2D eigenvalue weighted by Gasteiger charge is 2.08. The lowest BCUT2D eigenvalue weighted by molar-refractivity contribution is 0.0152. The zero-order chi connectivity index (χ0) is 20.3. The van der Waals surface area contributed by atoms with Crippen LogP contribution < -0.4 is 10.0 Å². The molecule has 160 valence electrons. The third-order valence-electron chi connectivity index (χ3n) is 4.23. The topological polar surface area (TPSA) is 55.0 Å². The highest BCUT2D eigenvalue weighted by Crippen LogP contribution is 2.09. The number of likely N-dealkylation sites (N-methyl/N-ethyl adjacent to an activating group) is 1. The molecule has 0 bridgehead atoms. The lowest BCUT2D eigenvalue weighted by atomic mass is 10.1. The van der Waals surface area contributed by atoms with Gasteiger partial charge in [-0.3, -0.25) is 4.72 Å². The zero-order valence-corrected chi connectivity index (χ0v) is 18.1. The van der Waals surface area contributed by atoms with Crippen LogP contribution in [-0.2, 0) is 20.6 Å². The summed E-state index contributed by atoms with van der Waals surface area (Å²) in [7, 11) is 1.91. The molecule has 0 unspecified atom stereocenters. The Balaban J connectivity index is 2.11. The average Bonchev–Trinajstić information content (AvgIpc) is 2.72. The van der Waals surface area contributed by atoms with Crippen LogP contribution in [0.1, 0.15) is 12.0 Å². The molecule has 0 amide bonds. The first-order valence-corrected chi connectivity index (χ1v) is 10.4. The van der Waals surface area contributed by atoms with Gasteiger partial charge in [-0.1, -0.05) is 49.7 Å². The van der Waals surface area contributed by atoms with Gasteiger partial charge in [0.25, 0.3) is 0 Å². The Hall–Kier alpha value is -1.09. The number of nitrogens with one attached hydrogen (secondary N) is 2. The summed E-state index contributed by atoms with van der Waals surface area (Å²) in [5, 5.41) is 3.03. The molecule has 6 nitrogen and oxygen atoms in total. The van der Waals surface area contributed by atoms with E-state index in [0.717, 1.165) is 44.7 Å². The number of thiol groups is 1. The van der Waals surface area contributed by atoms with Crippen molar-refractivity contribution in [2.75, 3.05) is 72.9 Å². The molecule has 1 aromatic carbocycles. The quantitative estimate of drug-likeness (QED) is 0.240. The molecule has 7 heteroatoms. The van der Waals surface area contributed by atoms with Gasteiger partial charge in [0.1, 0.15) is 0 Å². The standard InChI is InChI=1S/C21H37N3O3S/c1-20(9-14-25-16-18-27-19-17-26-15-11-22-2)24(13-10-23-28)12-8-21-6-4-3-5-7-21/h3-7,22-23,28H,1,8-19H2,2H3. The Kier molecular flexibility index (Phi) is 16.0. The maximum absolute atomic E-state index is 5.67. The smallest absolute Gasteiger partial charge is 0.0701 e. The predicted molar refractivity (Wildman–Crippen MR) is 119 cm³/mol. The second-order valence-corrected chi connectivity index (χ2v) is 6.70. The van der Waals surface area contributed by atoms with E-state index in [2.05, 4.69) is 58.6 Å². The van der Waals surface area contributed by atoms with E-state index in [0.29, 0.717) is 39.6 Å². The van der Waals surface area contributed by atoms with E-state index < -0.39 is 0 Å². The second kappa shape index (κ2) is 18.0. The largest absolute Gasteiger partial charge is 0.379 e. The molecular weight excluding hydrogens is 374 g/mol. The molecule has 0 atom stereocenters. The van der Waals surface area contributed by atoms with E-state index in [4.69, 9.17) is 14.2 Å². The number of hydrogen-bond donors (Lipinski definition) is 3. The zero-order valence-electron chi connectivity index (χ0n) is 17.2. The van der Waals surface area contributed by atoms with Gasteiger partial charge < -0.3 is 24.4 Å². The molecule has 0 radical (unpaired) electrons. The average molecular weight is 412 g/mol. The van der Waals surface area contributed by atoms with Crippen molar-refractivity contribution in [3.05, 3.63) is 48.2 Å². The minimum absolute atomic E-state index is 0.586. The van der Waals surface area contributed by atoms with Gasteiger partial charge in [-0.2, -0.15) is 0 Å². The summed E-state index contributed by atoms with van der Waals surface area (Å²) in [6, 6.07) is 10.5. The fourth-order valence-electron chi connectivity index (χ4n) is 2.59. The van der Waals surface area contributed by atoms with Crippen LogP contribution in [0, 0.1) is 0 Å². The molecular formula is C21H37N3O3S. The minimum atomic E-state index is 0.586. The molecule has 0 heterocycles. The first-order valence-electron chi connectivity index (χ1n) is 9.99. The Morgan fingerprint density at radius 2 is 1.57 bits per heavy atom. The normalized spacial score (nSPS) is 10.9. The summed E-state index contributed by atoms with van der Waals surface area (Å²) in [5.74, 6) is 0. The monoisotopic (exact) mass is 411 g/mol. The Morgan fingerprint density at radius 3 is 2.21 bits per heavy atom. The fourth-order valence-corrected chi connectivity index (χ4v) is 2.69. The highest BCUT2D eigenvalue weighted by atomic mass is 32.1. The van der Waals surface area contributed by atoms with E-state index in [1.165, 1.54) is 5.56 Å². The van der Waals surface area contributed by atoms with Crippen LogP contribution in [0.3, 0.4) is 0 Å². The van der Waals surface area contributed by atoms with Crippen LogP contribution in [0.5, 0.6) is 0 Å². The van der Waals surface area contributed by atoms with Gasteiger partial charge >= 0.3 is 0 Å². The number of ether oxygens (including phenoxy) is 3. The van der Waals surface area contributed by atoms with E-state index in [1.54, 1.807) is 0 Å². The van der Waals surface area contributed by atoms with Gasteiger partial charge in [0.15, 0.2) is 0 Å². The molecule has 0 saturated heterocycles. The van der Waals surface area contributed by atoms with Crippen molar-refractivity contribution in [2.24, 2.45) is 0 Å². The van der Waals surface area contributed by atoms with Gasteiger partial charge in [-0.15, -0.1) is 0 Å². The van der Waals surface area contributed by atoms with Gasteiger partial charge in [0.2, 0.25) is 0 Å². The van der Waals surface area contributed by atoms with Crippen molar-refractivity contribution in [3.8, 4) is 0 Å². The van der Waals surface area contributed by atoms with Crippen molar-refractivity contribution in [2.45, 2.75) is 12.8 Å². The summed E-state index contributed by atoms with van der Waals surface area (Å²) in [6.07, 6.45) is 1.81. The number of benzene rings is 1. The van der Waals surface area contributed by atoms with Crippen LogP contribution in [-0.4, -0.2) is 77.8 Å². The Bertz CT molecular complexity index is 491. The number of hydrogen-bond acceptors (Lipinski definition) is 7. The van der Waals surface area contributed by atoms with Crippen LogP contribution in [0.4, 0.5) is 0 Å². The van der Waals surface area contributed by atoms with Crippen LogP contribution in [0.15, 0.2) is 42.6 Å². The van der Waals surface area contributed by atoms with Gasteiger partial charge in [0, 0.05) is 38.3 Å². The van der Waals surface area contributed by atoms with Crippen LogP contribution in [0.2, 0.25) is 0 Å². The first-order chi connectivity index (χ1) is 13.8. The second-order valence-electron chi connectivity index (χ2n) is 6.39. The van der Waals surface area contributed by atoms with Gasteiger partial charge in [-0.25, -0.2) is 0 Å². The molecule has 0 spiro atoms. The predicted octanol–water partition coefficient (Wildman–Crippen LogP) is 2.14. The van der Waals surface area contributed by atoms with E-state index in [-0.39, 0.29) is 0 Å². The summed E-state index contributed by atoms with van der Waals surface area (Å²) >= 11 is 4.09. The molecule has 1 rings (SSSR count). The molecule has 0 aromatic heterocycles. The third kappa shape index (κ3) is 13.1. The third-order valence-corrected chi connectivity index (χ3v) is 4.45. The van der Waals surface area contributed by atoms with Crippen molar-refractivity contribution in [3.63, 3.8) is 0 Å².